The molecule has 0 saturated heterocycles. The molecule has 0 aliphatic rings. The molecule has 0 unspecified atom stereocenters. The molecule has 0 fully saturated rings. The van der Waals surface area contributed by atoms with Crippen molar-refractivity contribution in [2.45, 2.75) is 52.6 Å². The molecule has 14 heteroatoms. The molecule has 44 heavy (non-hydrogen) atoms. The number of rotatable bonds is 12. The number of unbranched alkanes of at least 4 members (excludes halogenated alkanes) is 2. The number of nitrogens with two attached hydrogens (primary N) is 2. The third-order valence-electron chi connectivity index (χ3n) is 6.99. The Morgan fingerprint density at radius 2 is 1.05 bits per heavy atom. The lowest BCUT2D eigenvalue weighted by atomic mass is 10.1. The summed E-state index contributed by atoms with van der Waals surface area (Å²) in [5.74, 6) is -2.59. The van der Waals surface area contributed by atoms with Crippen LogP contribution < -0.4 is 22.1 Å². The Morgan fingerprint density at radius 1 is 0.705 bits per heavy atom. The van der Waals surface area contributed by atoms with E-state index in [9.17, 15) is 19.2 Å². The quantitative estimate of drug-likeness (QED) is 0.135. The van der Waals surface area contributed by atoms with Crippen LogP contribution in [-0.2, 0) is 13.1 Å². The second-order valence-electron chi connectivity index (χ2n) is 10.3. The van der Waals surface area contributed by atoms with Crippen molar-refractivity contribution in [3.63, 3.8) is 0 Å². The highest BCUT2D eigenvalue weighted by Gasteiger charge is 2.22. The number of hydrogen-bond acceptors (Lipinski definition) is 6. The summed E-state index contributed by atoms with van der Waals surface area (Å²) in [5, 5.41) is 20.7. The SMILES string of the molecule is CCCCn1cc(NC(=O)c2ccc(C(=O)Nc3cc(C(=O)N(C)C(=N)N)n(CCCC)c3)cc2)cc1C(=O)N(C)C(=N)N. The predicted molar refractivity (Wildman–Crippen MR) is 169 cm³/mol. The maximum atomic E-state index is 13.0. The second-order valence-corrected chi connectivity index (χ2v) is 10.3. The highest BCUT2D eigenvalue weighted by molar-refractivity contribution is 6.09. The van der Waals surface area contributed by atoms with E-state index in [1.807, 2.05) is 13.8 Å². The molecule has 2 heterocycles. The highest BCUT2D eigenvalue weighted by atomic mass is 16.2. The van der Waals surface area contributed by atoms with Crippen LogP contribution in [0, 0.1) is 10.8 Å². The molecular formula is C30H40N10O4. The van der Waals surface area contributed by atoms with Crippen LogP contribution in [0.15, 0.2) is 48.8 Å². The third-order valence-corrected chi connectivity index (χ3v) is 6.99. The summed E-state index contributed by atoms with van der Waals surface area (Å²) in [6.45, 7) is 5.15. The van der Waals surface area contributed by atoms with Crippen molar-refractivity contribution in [3.8, 4) is 0 Å². The van der Waals surface area contributed by atoms with E-state index in [0.29, 0.717) is 47.0 Å². The molecule has 3 rings (SSSR count). The Balaban J connectivity index is 1.74. The number of hydrogen-bond donors (Lipinski definition) is 6. The van der Waals surface area contributed by atoms with Crippen molar-refractivity contribution in [1.29, 1.82) is 10.8 Å². The molecule has 8 N–H and O–H groups in total. The van der Waals surface area contributed by atoms with Crippen LogP contribution in [0.1, 0.15) is 81.2 Å². The summed E-state index contributed by atoms with van der Waals surface area (Å²) in [4.78, 5) is 53.7. The maximum Gasteiger partial charge on any atom is 0.276 e. The summed E-state index contributed by atoms with van der Waals surface area (Å²) in [5.41, 5.74) is 12.9. The van der Waals surface area contributed by atoms with Gasteiger partial charge < -0.3 is 31.2 Å². The van der Waals surface area contributed by atoms with E-state index in [4.69, 9.17) is 22.3 Å². The number of benzene rings is 1. The monoisotopic (exact) mass is 604 g/mol. The van der Waals surface area contributed by atoms with E-state index in [1.54, 1.807) is 21.5 Å². The first-order valence-electron chi connectivity index (χ1n) is 14.2. The van der Waals surface area contributed by atoms with Gasteiger partial charge in [-0.05, 0) is 49.2 Å². The topological polar surface area (TPSA) is 208 Å². The van der Waals surface area contributed by atoms with E-state index < -0.39 is 35.5 Å². The van der Waals surface area contributed by atoms with Crippen LogP contribution >= 0.6 is 0 Å². The number of amides is 4. The lowest BCUT2D eigenvalue weighted by Gasteiger charge is -2.16. The lowest BCUT2D eigenvalue weighted by Crippen LogP contribution is -2.38. The molecule has 3 aromatic rings. The minimum atomic E-state index is -0.465. The minimum absolute atomic E-state index is 0.291. The molecule has 0 saturated carbocycles. The summed E-state index contributed by atoms with van der Waals surface area (Å²) in [6.07, 6.45) is 6.75. The Bertz CT molecular complexity index is 1440. The molecule has 234 valence electrons. The molecule has 14 nitrogen and oxygen atoms in total. The van der Waals surface area contributed by atoms with Gasteiger partial charge in [-0.3, -0.25) is 39.8 Å². The van der Waals surface area contributed by atoms with Crippen LogP contribution in [0.3, 0.4) is 0 Å². The van der Waals surface area contributed by atoms with E-state index in [2.05, 4.69) is 10.6 Å². The van der Waals surface area contributed by atoms with Crippen molar-refractivity contribution in [1.82, 2.24) is 18.9 Å². The van der Waals surface area contributed by atoms with Crippen molar-refractivity contribution in [2.24, 2.45) is 11.5 Å². The van der Waals surface area contributed by atoms with Crippen molar-refractivity contribution >= 4 is 46.9 Å². The van der Waals surface area contributed by atoms with Gasteiger partial charge in [-0.1, -0.05) is 26.7 Å². The molecule has 0 atom stereocenters. The number of nitrogens with zero attached hydrogens (tertiary/aromatic N) is 4. The first-order valence-corrected chi connectivity index (χ1v) is 14.2. The van der Waals surface area contributed by atoms with Crippen LogP contribution in [0.2, 0.25) is 0 Å². The van der Waals surface area contributed by atoms with Gasteiger partial charge in [-0.25, -0.2) is 0 Å². The van der Waals surface area contributed by atoms with E-state index in [0.717, 1.165) is 35.5 Å². The van der Waals surface area contributed by atoms with Gasteiger partial charge in [-0.15, -0.1) is 0 Å². The minimum Gasteiger partial charge on any atom is -0.370 e. The number of carbonyl (C=O) groups is 4. The molecule has 0 aliphatic carbocycles. The summed E-state index contributed by atoms with van der Waals surface area (Å²) in [6, 6.07) is 9.12. The summed E-state index contributed by atoms with van der Waals surface area (Å²) in [7, 11) is 2.82. The van der Waals surface area contributed by atoms with Crippen LogP contribution in [0.5, 0.6) is 0 Å². The Morgan fingerprint density at radius 3 is 1.34 bits per heavy atom. The van der Waals surface area contributed by atoms with Crippen molar-refractivity contribution < 1.29 is 19.2 Å². The van der Waals surface area contributed by atoms with Gasteiger partial charge in [0.2, 0.25) is 0 Å². The van der Waals surface area contributed by atoms with E-state index >= 15 is 0 Å². The van der Waals surface area contributed by atoms with Gasteiger partial charge in [0, 0.05) is 50.7 Å². The fourth-order valence-electron chi connectivity index (χ4n) is 4.28. The molecule has 1 aromatic carbocycles. The average Bonchev–Trinajstić information content (AvgIpc) is 3.60. The van der Waals surface area contributed by atoms with Gasteiger partial charge in [-0.2, -0.15) is 0 Å². The van der Waals surface area contributed by atoms with E-state index in [-0.39, 0.29) is 0 Å². The predicted octanol–water partition coefficient (Wildman–Crippen LogP) is 3.33. The normalized spacial score (nSPS) is 10.6. The van der Waals surface area contributed by atoms with Gasteiger partial charge in [0.1, 0.15) is 11.4 Å². The van der Waals surface area contributed by atoms with Gasteiger partial charge in [0.05, 0.1) is 11.4 Å². The summed E-state index contributed by atoms with van der Waals surface area (Å²) >= 11 is 0. The van der Waals surface area contributed by atoms with Gasteiger partial charge >= 0.3 is 0 Å². The fraction of sp³-hybridized carbons (Fsp3) is 0.333. The molecule has 0 aliphatic heterocycles. The largest absolute Gasteiger partial charge is 0.370 e. The Kier molecular flexibility index (Phi) is 11.0. The lowest BCUT2D eigenvalue weighted by molar-refractivity contribution is 0.0850. The standard InChI is InChI=1S/C30H40N10O4/c1-5-7-13-39-17-21(15-23(39)27(43)37(3)29(31)32)35-25(41)19-9-11-20(12-10-19)26(42)36-22-16-24(28(44)38(4)30(33)34)40(18-22)14-8-6-2/h9-12,15-18H,5-8,13-14H2,1-4H3,(H3,31,32)(H3,33,34)(H,35,41)(H,36,42). The number of anilines is 2. The molecule has 0 spiro atoms. The Labute approximate surface area is 256 Å². The second kappa shape index (κ2) is 14.7. The molecule has 0 bridgehead atoms. The molecule has 4 amide bonds. The van der Waals surface area contributed by atoms with E-state index in [1.165, 1.54) is 50.5 Å². The Hall–Kier alpha value is -5.40. The fourth-order valence-corrected chi connectivity index (χ4v) is 4.28. The third kappa shape index (κ3) is 7.91. The van der Waals surface area contributed by atoms with Gasteiger partial charge in [0.25, 0.3) is 23.6 Å². The number of nitrogens with one attached hydrogen (secondary N) is 4. The molecule has 0 radical (unpaired) electrons. The van der Waals surface area contributed by atoms with Crippen LogP contribution in [0.4, 0.5) is 11.4 Å². The number of aryl methyl sites for hydroxylation is 2. The van der Waals surface area contributed by atoms with Crippen molar-refractivity contribution in [3.05, 3.63) is 71.3 Å². The summed E-state index contributed by atoms with van der Waals surface area (Å²) < 4.78 is 3.45. The molecular weight excluding hydrogens is 564 g/mol. The number of aromatic nitrogens is 2. The van der Waals surface area contributed by atoms with Crippen LogP contribution in [0.25, 0.3) is 0 Å². The maximum absolute atomic E-state index is 13.0. The average molecular weight is 605 g/mol. The zero-order valence-electron chi connectivity index (χ0n) is 25.4. The first-order chi connectivity index (χ1) is 20.9. The molecule has 2 aromatic heterocycles. The number of carbonyl (C=O) groups excluding carboxylic acids is 4. The van der Waals surface area contributed by atoms with Crippen LogP contribution in [-0.4, -0.2) is 68.6 Å². The van der Waals surface area contributed by atoms with Crippen molar-refractivity contribution in [2.75, 3.05) is 24.7 Å². The zero-order valence-corrected chi connectivity index (χ0v) is 25.4. The smallest absolute Gasteiger partial charge is 0.276 e. The first kappa shape index (κ1) is 33.1. The van der Waals surface area contributed by atoms with Gasteiger partial charge in [0.15, 0.2) is 11.9 Å². The zero-order chi connectivity index (χ0) is 32.6. The number of guanidine groups is 2. The highest BCUT2D eigenvalue weighted by Crippen LogP contribution is 2.20.